The zero-order valence-electron chi connectivity index (χ0n) is 14.5. The molecule has 0 amide bonds. The van der Waals surface area contributed by atoms with Gasteiger partial charge in [0, 0.05) is 0 Å². The lowest BCUT2D eigenvalue weighted by atomic mass is 9.48. The summed E-state index contributed by atoms with van der Waals surface area (Å²) in [5.74, 6) is 0.357. The Kier molecular flexibility index (Phi) is 3.78. The molecule has 0 spiro atoms. The summed E-state index contributed by atoms with van der Waals surface area (Å²) in [4.78, 5) is 11.9. The summed E-state index contributed by atoms with van der Waals surface area (Å²) in [6.07, 6.45) is 9.87. The molecular formula is C20H30O2. The van der Waals surface area contributed by atoms with Crippen molar-refractivity contribution in [3.63, 3.8) is 0 Å². The Bertz CT molecular complexity index is 554. The highest BCUT2D eigenvalue weighted by Gasteiger charge is 2.55. The Labute approximate surface area is 134 Å². The lowest BCUT2D eigenvalue weighted by Gasteiger charge is -2.55. The predicted octanol–water partition coefficient (Wildman–Crippen LogP) is 5.35. The molecule has 0 saturated heterocycles. The molecule has 3 aliphatic carbocycles. The number of rotatable bonds is 2. The van der Waals surface area contributed by atoms with E-state index in [0.717, 1.165) is 38.5 Å². The van der Waals surface area contributed by atoms with Gasteiger partial charge in [0.25, 0.3) is 0 Å². The second kappa shape index (κ2) is 5.25. The van der Waals surface area contributed by atoms with Crippen LogP contribution in [-0.4, -0.2) is 11.1 Å². The fourth-order valence-electron chi connectivity index (χ4n) is 5.57. The largest absolute Gasteiger partial charge is 0.481 e. The molecule has 0 radical (unpaired) electrons. The molecule has 3 atom stereocenters. The van der Waals surface area contributed by atoms with Gasteiger partial charge in [0.05, 0.1) is 5.41 Å². The molecule has 122 valence electrons. The number of carbonyl (C=O) groups is 1. The first-order valence-corrected chi connectivity index (χ1v) is 8.92. The van der Waals surface area contributed by atoms with Crippen molar-refractivity contribution in [1.82, 2.24) is 0 Å². The normalized spacial score (nSPS) is 38.4. The van der Waals surface area contributed by atoms with Gasteiger partial charge in [0.1, 0.15) is 0 Å². The first-order valence-electron chi connectivity index (χ1n) is 8.92. The van der Waals surface area contributed by atoms with Gasteiger partial charge in [-0.1, -0.05) is 50.0 Å². The molecule has 3 unspecified atom stereocenters. The summed E-state index contributed by atoms with van der Waals surface area (Å²) in [5, 5.41) is 9.83. The minimum Gasteiger partial charge on any atom is -0.481 e. The fourth-order valence-corrected chi connectivity index (χ4v) is 5.57. The van der Waals surface area contributed by atoms with Crippen molar-refractivity contribution >= 4 is 5.97 Å². The summed E-state index contributed by atoms with van der Waals surface area (Å²) in [5.41, 5.74) is 4.39. The van der Waals surface area contributed by atoms with Crippen molar-refractivity contribution in [3.05, 3.63) is 22.8 Å². The molecule has 0 aromatic heterocycles. The van der Waals surface area contributed by atoms with E-state index in [-0.39, 0.29) is 5.41 Å². The van der Waals surface area contributed by atoms with Crippen molar-refractivity contribution in [3.8, 4) is 0 Å². The second-order valence-electron chi connectivity index (χ2n) is 8.48. The van der Waals surface area contributed by atoms with Gasteiger partial charge in [-0.25, -0.2) is 0 Å². The zero-order valence-corrected chi connectivity index (χ0v) is 14.5. The monoisotopic (exact) mass is 302 g/mol. The molecule has 0 aliphatic heterocycles. The number of hydrogen-bond donors (Lipinski definition) is 1. The molecule has 0 aromatic carbocycles. The summed E-state index contributed by atoms with van der Waals surface area (Å²) in [6.45, 7) is 8.93. The Morgan fingerprint density at radius 2 is 2.05 bits per heavy atom. The average Bonchev–Trinajstić information content (AvgIpc) is 2.46. The molecule has 1 fully saturated rings. The van der Waals surface area contributed by atoms with E-state index >= 15 is 0 Å². The van der Waals surface area contributed by atoms with E-state index in [0.29, 0.717) is 11.8 Å². The number of carboxylic acids is 1. The van der Waals surface area contributed by atoms with Gasteiger partial charge < -0.3 is 5.11 Å². The van der Waals surface area contributed by atoms with Gasteiger partial charge in [0.2, 0.25) is 0 Å². The van der Waals surface area contributed by atoms with Crippen LogP contribution in [0.2, 0.25) is 0 Å². The number of carboxylic acid groups (broad SMARTS) is 1. The summed E-state index contributed by atoms with van der Waals surface area (Å²) < 4.78 is 0. The van der Waals surface area contributed by atoms with E-state index in [1.54, 1.807) is 16.7 Å². The van der Waals surface area contributed by atoms with Gasteiger partial charge in [-0.3, -0.25) is 4.79 Å². The zero-order chi connectivity index (χ0) is 16.1. The van der Waals surface area contributed by atoms with E-state index in [4.69, 9.17) is 0 Å². The predicted molar refractivity (Wildman–Crippen MR) is 89.6 cm³/mol. The van der Waals surface area contributed by atoms with Gasteiger partial charge in [-0.2, -0.15) is 0 Å². The van der Waals surface area contributed by atoms with Crippen LogP contribution in [-0.2, 0) is 4.79 Å². The number of fused-ring (bicyclic) bond motifs is 2. The second-order valence-corrected chi connectivity index (χ2v) is 8.48. The molecule has 2 heteroatoms. The van der Waals surface area contributed by atoms with Crippen LogP contribution < -0.4 is 0 Å². The lowest BCUT2D eigenvalue weighted by molar-refractivity contribution is -0.159. The van der Waals surface area contributed by atoms with E-state index in [9.17, 15) is 9.90 Å². The minimum absolute atomic E-state index is 0.109. The summed E-state index contributed by atoms with van der Waals surface area (Å²) >= 11 is 0. The van der Waals surface area contributed by atoms with Crippen molar-refractivity contribution in [2.45, 2.75) is 72.6 Å². The van der Waals surface area contributed by atoms with Crippen molar-refractivity contribution in [2.75, 3.05) is 0 Å². The van der Waals surface area contributed by atoms with Crippen LogP contribution >= 0.6 is 0 Å². The van der Waals surface area contributed by atoms with Crippen molar-refractivity contribution < 1.29 is 9.90 Å². The fraction of sp³-hybridized carbons (Fsp3) is 0.750. The molecular weight excluding hydrogens is 272 g/mol. The van der Waals surface area contributed by atoms with Gasteiger partial charge in [-0.15, -0.1) is 0 Å². The van der Waals surface area contributed by atoms with E-state index < -0.39 is 11.4 Å². The maximum Gasteiger partial charge on any atom is 0.309 e. The van der Waals surface area contributed by atoms with Crippen LogP contribution in [0.15, 0.2) is 22.8 Å². The first-order chi connectivity index (χ1) is 10.3. The number of allylic oxidation sites excluding steroid dienone is 4. The highest BCUT2D eigenvalue weighted by molar-refractivity contribution is 5.75. The Morgan fingerprint density at radius 3 is 2.68 bits per heavy atom. The molecule has 1 saturated carbocycles. The van der Waals surface area contributed by atoms with E-state index in [1.807, 2.05) is 6.92 Å². The topological polar surface area (TPSA) is 37.3 Å². The third-order valence-electron chi connectivity index (χ3n) is 7.00. The standard InChI is InChI=1S/C20H30O2/c1-13(2)14-6-8-16-15(12-14)7-9-17-19(16,3)10-5-11-20(17,4)18(21)22/h6,13,17H,5,7-12H2,1-4H3,(H,21,22). The van der Waals surface area contributed by atoms with Crippen LogP contribution in [0.5, 0.6) is 0 Å². The highest BCUT2D eigenvalue weighted by atomic mass is 16.4. The SMILES string of the molecule is CC(C)C1=CCC2=C(CCC3C(C)(C(=O)O)CCCC23C)C1. The molecule has 0 heterocycles. The minimum atomic E-state index is -0.582. The Hall–Kier alpha value is -1.05. The molecule has 0 aromatic rings. The quantitative estimate of drug-likeness (QED) is 0.698. The van der Waals surface area contributed by atoms with Crippen LogP contribution in [0, 0.1) is 22.7 Å². The third-order valence-corrected chi connectivity index (χ3v) is 7.00. The van der Waals surface area contributed by atoms with Crippen molar-refractivity contribution in [2.24, 2.45) is 22.7 Å². The maximum absolute atomic E-state index is 11.9. The molecule has 1 N–H and O–H groups in total. The van der Waals surface area contributed by atoms with Crippen LogP contribution in [0.1, 0.15) is 72.6 Å². The average molecular weight is 302 g/mol. The van der Waals surface area contributed by atoms with Crippen LogP contribution in [0.25, 0.3) is 0 Å². The Morgan fingerprint density at radius 1 is 1.32 bits per heavy atom. The number of hydrogen-bond acceptors (Lipinski definition) is 1. The molecule has 0 bridgehead atoms. The molecule has 3 aliphatic rings. The summed E-state index contributed by atoms with van der Waals surface area (Å²) in [6, 6.07) is 0. The van der Waals surface area contributed by atoms with Gasteiger partial charge >= 0.3 is 5.97 Å². The van der Waals surface area contributed by atoms with Crippen LogP contribution in [0.3, 0.4) is 0 Å². The van der Waals surface area contributed by atoms with Crippen LogP contribution in [0.4, 0.5) is 0 Å². The smallest absolute Gasteiger partial charge is 0.309 e. The molecule has 3 rings (SSSR count). The Balaban J connectivity index is 1.96. The van der Waals surface area contributed by atoms with E-state index in [1.165, 1.54) is 6.42 Å². The molecule has 2 nitrogen and oxygen atoms in total. The number of aliphatic carboxylic acids is 1. The lowest BCUT2D eigenvalue weighted by Crippen LogP contribution is -2.50. The van der Waals surface area contributed by atoms with Crippen molar-refractivity contribution in [1.29, 1.82) is 0 Å². The third kappa shape index (κ3) is 2.18. The first kappa shape index (κ1) is 15.8. The van der Waals surface area contributed by atoms with E-state index in [2.05, 4.69) is 26.8 Å². The highest BCUT2D eigenvalue weighted by Crippen LogP contribution is 2.61. The van der Waals surface area contributed by atoms with Gasteiger partial charge in [-0.05, 0) is 62.7 Å². The van der Waals surface area contributed by atoms with Gasteiger partial charge in [0.15, 0.2) is 0 Å². The molecule has 22 heavy (non-hydrogen) atoms. The maximum atomic E-state index is 11.9. The summed E-state index contributed by atoms with van der Waals surface area (Å²) in [7, 11) is 0.